The second-order valence-electron chi connectivity index (χ2n) is 4.15. The van der Waals surface area contributed by atoms with Gasteiger partial charge in [-0.25, -0.2) is 4.98 Å². The van der Waals surface area contributed by atoms with Crippen LogP contribution in [0.4, 0.5) is 0 Å². The van der Waals surface area contributed by atoms with Gasteiger partial charge in [-0.1, -0.05) is 6.07 Å². The van der Waals surface area contributed by atoms with E-state index < -0.39 is 0 Å². The van der Waals surface area contributed by atoms with E-state index >= 15 is 0 Å². The zero-order valence-electron chi connectivity index (χ0n) is 8.90. The molecular formula is C12H13BrN2S. The SMILES string of the molecule is Brc1cccc2nc(CC3CCCS3)cn12. The summed E-state index contributed by atoms with van der Waals surface area (Å²) in [6.07, 6.45) is 5.98. The van der Waals surface area contributed by atoms with Gasteiger partial charge >= 0.3 is 0 Å². The fraction of sp³-hybridized carbons (Fsp3) is 0.417. The first-order chi connectivity index (χ1) is 7.83. The average Bonchev–Trinajstić information content (AvgIpc) is 2.88. The summed E-state index contributed by atoms with van der Waals surface area (Å²) in [5.74, 6) is 1.32. The van der Waals surface area contributed by atoms with Crippen molar-refractivity contribution in [3.8, 4) is 0 Å². The van der Waals surface area contributed by atoms with Crippen LogP contribution in [0.25, 0.3) is 5.65 Å². The predicted molar refractivity (Wildman–Crippen MR) is 72.1 cm³/mol. The Hall–Kier alpha value is -0.480. The van der Waals surface area contributed by atoms with Crippen molar-refractivity contribution in [1.82, 2.24) is 9.38 Å². The largest absolute Gasteiger partial charge is 0.294 e. The zero-order chi connectivity index (χ0) is 11.0. The van der Waals surface area contributed by atoms with Gasteiger partial charge in [0, 0.05) is 17.9 Å². The van der Waals surface area contributed by atoms with E-state index in [4.69, 9.17) is 0 Å². The van der Waals surface area contributed by atoms with Crippen LogP contribution < -0.4 is 0 Å². The molecule has 2 aromatic rings. The van der Waals surface area contributed by atoms with Gasteiger partial charge in [0.05, 0.1) is 10.3 Å². The maximum atomic E-state index is 4.66. The fourth-order valence-electron chi connectivity index (χ4n) is 2.16. The summed E-state index contributed by atoms with van der Waals surface area (Å²) in [5.41, 5.74) is 2.25. The molecule has 2 nitrogen and oxygen atoms in total. The lowest BCUT2D eigenvalue weighted by atomic mass is 10.2. The first-order valence-corrected chi connectivity index (χ1v) is 7.41. The Labute approximate surface area is 108 Å². The van der Waals surface area contributed by atoms with Gasteiger partial charge in [-0.05, 0) is 46.7 Å². The van der Waals surface area contributed by atoms with E-state index in [0.29, 0.717) is 0 Å². The molecule has 1 unspecified atom stereocenters. The van der Waals surface area contributed by atoms with Crippen LogP contribution in [0.5, 0.6) is 0 Å². The van der Waals surface area contributed by atoms with Crippen LogP contribution >= 0.6 is 27.7 Å². The van der Waals surface area contributed by atoms with Gasteiger partial charge in [0.15, 0.2) is 0 Å². The highest BCUT2D eigenvalue weighted by molar-refractivity contribution is 9.10. The van der Waals surface area contributed by atoms with E-state index in [2.05, 4.69) is 49.3 Å². The predicted octanol–water partition coefficient (Wildman–Crippen LogP) is 3.53. The first kappa shape index (κ1) is 10.7. The number of halogens is 1. The van der Waals surface area contributed by atoms with Crippen molar-refractivity contribution in [1.29, 1.82) is 0 Å². The molecule has 16 heavy (non-hydrogen) atoms. The van der Waals surface area contributed by atoms with Gasteiger partial charge in [0.25, 0.3) is 0 Å². The van der Waals surface area contributed by atoms with Crippen LogP contribution in [0.2, 0.25) is 0 Å². The number of aromatic nitrogens is 2. The molecule has 1 atom stereocenters. The molecule has 0 spiro atoms. The van der Waals surface area contributed by atoms with Crippen LogP contribution in [0.1, 0.15) is 18.5 Å². The van der Waals surface area contributed by atoms with Crippen molar-refractivity contribution >= 4 is 33.3 Å². The maximum Gasteiger partial charge on any atom is 0.137 e. The third-order valence-corrected chi connectivity index (χ3v) is 5.00. The number of thioether (sulfide) groups is 1. The number of rotatable bonds is 2. The number of pyridine rings is 1. The molecule has 1 aliphatic heterocycles. The summed E-state index contributed by atoms with van der Waals surface area (Å²) in [6.45, 7) is 0. The third-order valence-electron chi connectivity index (χ3n) is 2.95. The smallest absolute Gasteiger partial charge is 0.137 e. The quantitative estimate of drug-likeness (QED) is 0.789. The Morgan fingerprint density at radius 2 is 2.44 bits per heavy atom. The molecule has 4 heteroatoms. The fourth-order valence-corrected chi connectivity index (χ4v) is 3.89. The minimum Gasteiger partial charge on any atom is -0.294 e. The Kier molecular flexibility index (Phi) is 2.94. The Bertz CT molecular complexity index is 503. The highest BCUT2D eigenvalue weighted by atomic mass is 79.9. The van der Waals surface area contributed by atoms with E-state index in [1.165, 1.54) is 24.3 Å². The lowest BCUT2D eigenvalue weighted by Crippen LogP contribution is -2.01. The summed E-state index contributed by atoms with van der Waals surface area (Å²) in [7, 11) is 0. The van der Waals surface area contributed by atoms with Gasteiger partial charge in [-0.2, -0.15) is 11.8 Å². The van der Waals surface area contributed by atoms with Crippen molar-refractivity contribution < 1.29 is 0 Å². The minimum atomic E-state index is 0.781. The third kappa shape index (κ3) is 2.00. The number of imidazole rings is 1. The normalized spacial score (nSPS) is 20.7. The number of nitrogens with zero attached hydrogens (tertiary/aromatic N) is 2. The molecule has 84 valence electrons. The van der Waals surface area contributed by atoms with E-state index in [0.717, 1.165) is 21.9 Å². The van der Waals surface area contributed by atoms with Crippen molar-refractivity contribution in [2.45, 2.75) is 24.5 Å². The van der Waals surface area contributed by atoms with Crippen molar-refractivity contribution in [2.24, 2.45) is 0 Å². The maximum absolute atomic E-state index is 4.66. The molecule has 3 rings (SSSR count). The molecule has 1 aliphatic rings. The summed E-state index contributed by atoms with van der Waals surface area (Å²) >= 11 is 5.63. The van der Waals surface area contributed by atoms with Crippen molar-refractivity contribution in [3.05, 3.63) is 34.7 Å². The number of hydrogen-bond acceptors (Lipinski definition) is 2. The molecule has 0 radical (unpaired) electrons. The van der Waals surface area contributed by atoms with Crippen LogP contribution in [0, 0.1) is 0 Å². The molecular weight excluding hydrogens is 284 g/mol. The lowest BCUT2D eigenvalue weighted by molar-refractivity contribution is 0.767. The van der Waals surface area contributed by atoms with Crippen LogP contribution in [0.15, 0.2) is 29.0 Å². The summed E-state index contributed by atoms with van der Waals surface area (Å²) in [4.78, 5) is 4.66. The second kappa shape index (κ2) is 4.41. The van der Waals surface area contributed by atoms with Gasteiger partial charge in [-0.3, -0.25) is 4.40 Å². The minimum absolute atomic E-state index is 0.781. The van der Waals surface area contributed by atoms with Gasteiger partial charge < -0.3 is 0 Å². The molecule has 0 amide bonds. The standard InChI is InChI=1S/C12H13BrN2S/c13-11-4-1-5-12-14-9(8-15(11)12)7-10-3-2-6-16-10/h1,4-5,8,10H,2-3,6-7H2. The van der Waals surface area contributed by atoms with E-state index in [1.807, 2.05) is 12.1 Å². The molecule has 1 fully saturated rings. The highest BCUT2D eigenvalue weighted by Gasteiger charge is 2.17. The van der Waals surface area contributed by atoms with Crippen LogP contribution in [0.3, 0.4) is 0 Å². The summed E-state index contributed by atoms with van der Waals surface area (Å²) < 4.78 is 3.18. The highest BCUT2D eigenvalue weighted by Crippen LogP contribution is 2.29. The Balaban J connectivity index is 1.90. The molecule has 0 aromatic carbocycles. The molecule has 0 saturated carbocycles. The van der Waals surface area contributed by atoms with Gasteiger partial charge in [0.1, 0.15) is 5.65 Å². The summed E-state index contributed by atoms with van der Waals surface area (Å²) in [5, 5.41) is 0.781. The lowest BCUT2D eigenvalue weighted by Gasteiger charge is -2.03. The van der Waals surface area contributed by atoms with E-state index in [1.54, 1.807) is 0 Å². The molecule has 2 aromatic heterocycles. The monoisotopic (exact) mass is 296 g/mol. The molecule has 3 heterocycles. The Morgan fingerprint density at radius 1 is 1.50 bits per heavy atom. The molecule has 0 bridgehead atoms. The summed E-state index contributed by atoms with van der Waals surface area (Å²) in [6, 6.07) is 6.12. The van der Waals surface area contributed by atoms with Crippen LogP contribution in [-0.2, 0) is 6.42 Å². The van der Waals surface area contributed by atoms with Crippen LogP contribution in [-0.4, -0.2) is 20.4 Å². The number of fused-ring (bicyclic) bond motifs is 1. The average molecular weight is 297 g/mol. The molecule has 1 saturated heterocycles. The second-order valence-corrected chi connectivity index (χ2v) is 6.37. The molecule has 0 aliphatic carbocycles. The van der Waals surface area contributed by atoms with Gasteiger partial charge in [-0.15, -0.1) is 0 Å². The number of hydrogen-bond donors (Lipinski definition) is 0. The van der Waals surface area contributed by atoms with E-state index in [-0.39, 0.29) is 0 Å². The molecule has 0 N–H and O–H groups in total. The van der Waals surface area contributed by atoms with E-state index in [9.17, 15) is 0 Å². The zero-order valence-corrected chi connectivity index (χ0v) is 11.3. The van der Waals surface area contributed by atoms with Crippen molar-refractivity contribution in [2.75, 3.05) is 5.75 Å². The van der Waals surface area contributed by atoms with Crippen molar-refractivity contribution in [3.63, 3.8) is 0 Å². The van der Waals surface area contributed by atoms with Gasteiger partial charge in [0.2, 0.25) is 0 Å². The first-order valence-electron chi connectivity index (χ1n) is 5.57. The Morgan fingerprint density at radius 3 is 3.19 bits per heavy atom. The topological polar surface area (TPSA) is 17.3 Å².